The van der Waals surface area contributed by atoms with Gasteiger partial charge in [-0.1, -0.05) is 6.82 Å². The summed E-state index contributed by atoms with van der Waals surface area (Å²) in [5, 5.41) is 40.9. The van der Waals surface area contributed by atoms with Crippen molar-refractivity contribution in [3.05, 3.63) is 0 Å². The van der Waals surface area contributed by atoms with Crippen LogP contribution in [-0.4, -0.2) is 207 Å². The summed E-state index contributed by atoms with van der Waals surface area (Å²) in [5.74, 6) is -4.78. The second kappa shape index (κ2) is 25.8. The summed E-state index contributed by atoms with van der Waals surface area (Å²) in [6, 6.07) is -1.09. The first-order valence-electron chi connectivity index (χ1n) is 16.0. The van der Waals surface area contributed by atoms with Crippen LogP contribution in [0.15, 0.2) is 0 Å². The fourth-order valence-electron chi connectivity index (χ4n) is 4.85. The van der Waals surface area contributed by atoms with Gasteiger partial charge in [0.1, 0.15) is 6.04 Å². The second-order valence-corrected chi connectivity index (χ2v) is 11.1. The number of carbonyl (C=O) groups excluding carboxylic acids is 2. The largest absolute Gasteiger partial charge is 0.480 e. The van der Waals surface area contributed by atoms with E-state index >= 15 is 0 Å². The molecule has 1 unspecified atom stereocenters. The number of rotatable bonds is 24. The first-order chi connectivity index (χ1) is 22.9. The molecule has 273 valence electrons. The van der Waals surface area contributed by atoms with E-state index in [0.29, 0.717) is 39.5 Å². The number of nitrogens with one attached hydrogen (secondary N) is 1. The van der Waals surface area contributed by atoms with Gasteiger partial charge in [0.25, 0.3) is 0 Å². The van der Waals surface area contributed by atoms with Gasteiger partial charge in [-0.05, 0) is 6.42 Å². The van der Waals surface area contributed by atoms with Gasteiger partial charge in [-0.2, -0.15) is 0 Å². The van der Waals surface area contributed by atoms with E-state index in [9.17, 15) is 49.2 Å². The minimum absolute atomic E-state index is 0.0225. The highest BCUT2D eigenvalue weighted by atomic mass is 16.5. The van der Waals surface area contributed by atoms with Gasteiger partial charge in [0.05, 0.1) is 65.0 Å². The highest BCUT2D eigenvalue weighted by Gasteiger charge is 2.28. The summed E-state index contributed by atoms with van der Waals surface area (Å²) in [6.45, 7) is 4.25. The van der Waals surface area contributed by atoms with Crippen LogP contribution in [0.1, 0.15) is 19.3 Å². The van der Waals surface area contributed by atoms with E-state index in [2.05, 4.69) is 5.32 Å². The fraction of sp³-hybridized carbons (Fsp3) is 0.793. The molecule has 1 fully saturated rings. The van der Waals surface area contributed by atoms with E-state index in [-0.39, 0.29) is 110 Å². The maximum atomic E-state index is 12.5. The lowest BCUT2D eigenvalue weighted by Gasteiger charge is -2.35. The van der Waals surface area contributed by atoms with Crippen molar-refractivity contribution < 1.29 is 63.4 Å². The highest BCUT2D eigenvalue weighted by Crippen LogP contribution is 2.11. The fourth-order valence-corrected chi connectivity index (χ4v) is 4.85. The second-order valence-electron chi connectivity index (χ2n) is 11.1. The summed E-state index contributed by atoms with van der Waals surface area (Å²) < 4.78 is 16.1. The standard InChI is InChI=1S/C29H51BN5O13/c1-30-24(36)4-14-46-16-18-48-19-17-47-15-5-31-25(37)3-2-23(29(44)45)35-12-10-33(21-27(40)41)8-6-32(20-26(38)39)7-9-34(11-13-35)22-28(42)43/h23H,2-22H2,1H3,(H,31,37)(H,38,39)(H,40,41)(H,42,43)(H,44,45). The molecule has 0 aromatic heterocycles. The Balaban J connectivity index is 2.62. The van der Waals surface area contributed by atoms with Crippen LogP contribution in [0.25, 0.3) is 0 Å². The van der Waals surface area contributed by atoms with E-state index < -0.39 is 29.9 Å². The van der Waals surface area contributed by atoms with Crippen LogP contribution in [0, 0.1) is 0 Å². The lowest BCUT2D eigenvalue weighted by atomic mass is 9.75. The van der Waals surface area contributed by atoms with E-state index in [1.54, 1.807) is 26.4 Å². The molecule has 0 saturated carbocycles. The van der Waals surface area contributed by atoms with Crippen molar-refractivity contribution in [3.8, 4) is 0 Å². The molecule has 1 radical (unpaired) electrons. The van der Waals surface area contributed by atoms with Crippen molar-refractivity contribution in [3.63, 3.8) is 0 Å². The predicted molar refractivity (Wildman–Crippen MR) is 171 cm³/mol. The van der Waals surface area contributed by atoms with Crippen LogP contribution in [-0.2, 0) is 43.0 Å². The maximum Gasteiger partial charge on any atom is 0.320 e. The number of carboxylic acid groups (broad SMARTS) is 4. The molecule has 0 bridgehead atoms. The Morgan fingerprint density at radius 3 is 1.46 bits per heavy atom. The first kappa shape index (κ1) is 42.8. The molecular weight excluding hydrogens is 637 g/mol. The van der Waals surface area contributed by atoms with Gasteiger partial charge in [0.15, 0.2) is 7.28 Å². The van der Waals surface area contributed by atoms with Crippen molar-refractivity contribution in [1.29, 1.82) is 0 Å². The van der Waals surface area contributed by atoms with Crippen LogP contribution >= 0.6 is 0 Å². The third kappa shape index (κ3) is 21.6. The van der Waals surface area contributed by atoms with Gasteiger partial charge in [0.2, 0.25) is 5.91 Å². The average Bonchev–Trinajstić information content (AvgIpc) is 3.01. The number of hydrogen-bond acceptors (Lipinski definition) is 13. The number of ether oxygens (including phenoxy) is 3. The molecule has 48 heavy (non-hydrogen) atoms. The smallest absolute Gasteiger partial charge is 0.320 e. The molecule has 1 aliphatic heterocycles. The lowest BCUT2D eigenvalue weighted by molar-refractivity contribution is -0.145. The van der Waals surface area contributed by atoms with Gasteiger partial charge in [-0.25, -0.2) is 0 Å². The quantitative estimate of drug-likeness (QED) is 0.0522. The Morgan fingerprint density at radius 2 is 1.04 bits per heavy atom. The normalized spacial score (nSPS) is 16.7. The minimum atomic E-state index is -1.17. The molecule has 5 N–H and O–H groups in total. The number of aliphatic carboxylic acids is 4. The van der Waals surface area contributed by atoms with E-state index in [1.807, 2.05) is 0 Å². The summed E-state index contributed by atoms with van der Waals surface area (Å²) in [5.41, 5.74) is 0.0225. The molecule has 0 aliphatic carbocycles. The zero-order valence-corrected chi connectivity index (χ0v) is 27.8. The molecule has 18 nitrogen and oxygen atoms in total. The average molecular weight is 689 g/mol. The Labute approximate surface area is 281 Å². The Morgan fingerprint density at radius 1 is 0.625 bits per heavy atom. The van der Waals surface area contributed by atoms with E-state index in [1.165, 1.54) is 7.28 Å². The van der Waals surface area contributed by atoms with Crippen LogP contribution in [0.3, 0.4) is 0 Å². The van der Waals surface area contributed by atoms with Gasteiger partial charge in [-0.3, -0.25) is 43.6 Å². The van der Waals surface area contributed by atoms with Crippen molar-refractivity contribution in [2.24, 2.45) is 0 Å². The molecule has 1 heterocycles. The number of hydrogen-bond donors (Lipinski definition) is 5. The van der Waals surface area contributed by atoms with Gasteiger partial charge < -0.3 is 44.7 Å². The molecule has 1 aliphatic rings. The number of carbonyl (C=O) groups is 6. The number of carboxylic acids is 4. The Hall–Kier alpha value is -3.20. The third-order valence-corrected chi connectivity index (χ3v) is 7.45. The van der Waals surface area contributed by atoms with Gasteiger partial charge in [-0.15, -0.1) is 0 Å². The molecule has 0 spiro atoms. The molecule has 0 aromatic rings. The van der Waals surface area contributed by atoms with Crippen molar-refractivity contribution in [2.45, 2.75) is 32.1 Å². The summed E-state index contributed by atoms with van der Waals surface area (Å²) in [7, 11) is 1.50. The summed E-state index contributed by atoms with van der Waals surface area (Å²) >= 11 is 0. The minimum Gasteiger partial charge on any atom is -0.480 e. The third-order valence-electron chi connectivity index (χ3n) is 7.45. The zero-order chi connectivity index (χ0) is 35.7. The zero-order valence-electron chi connectivity index (χ0n) is 27.8. The van der Waals surface area contributed by atoms with Crippen molar-refractivity contribution in [2.75, 3.05) is 118 Å². The number of nitrogens with zero attached hydrogens (tertiary/aromatic N) is 4. The van der Waals surface area contributed by atoms with E-state index in [4.69, 9.17) is 14.2 Å². The van der Waals surface area contributed by atoms with Crippen LogP contribution < -0.4 is 5.32 Å². The SMILES string of the molecule is C[B]C(=O)CCOCCOCCOCCNC(=O)CCC(C(=O)O)N1CCN(CC(=O)O)CCN(CC(=O)O)CCN(CC(=O)O)CC1. The first-order valence-corrected chi connectivity index (χ1v) is 16.0. The predicted octanol–water partition coefficient (Wildman–Crippen LogP) is -2.47. The van der Waals surface area contributed by atoms with Crippen molar-refractivity contribution >= 4 is 42.7 Å². The number of amides is 1. The topological polar surface area (TPSA) is 236 Å². The van der Waals surface area contributed by atoms with Crippen LogP contribution in [0.5, 0.6) is 0 Å². The molecular formula is C29H51BN5O13. The van der Waals surface area contributed by atoms with Crippen molar-refractivity contribution in [1.82, 2.24) is 24.9 Å². The summed E-state index contributed by atoms with van der Waals surface area (Å²) in [6.07, 6.45) is 0.201. The molecule has 19 heteroatoms. The van der Waals surface area contributed by atoms with Gasteiger partial charge >= 0.3 is 23.9 Å². The molecule has 1 saturated heterocycles. The maximum absolute atomic E-state index is 12.5. The molecule has 1 atom stereocenters. The van der Waals surface area contributed by atoms with Crippen LogP contribution in [0.2, 0.25) is 6.82 Å². The Bertz CT molecular complexity index is 977. The molecule has 1 amide bonds. The van der Waals surface area contributed by atoms with E-state index in [0.717, 1.165) is 0 Å². The Kier molecular flexibility index (Phi) is 23.0. The van der Waals surface area contributed by atoms with Gasteiger partial charge in [0, 0.05) is 71.7 Å². The highest BCUT2D eigenvalue weighted by molar-refractivity contribution is 6.72. The summed E-state index contributed by atoms with van der Waals surface area (Å²) in [4.78, 5) is 76.8. The van der Waals surface area contributed by atoms with Crippen LogP contribution in [0.4, 0.5) is 0 Å². The lowest BCUT2D eigenvalue weighted by Crippen LogP contribution is -2.52. The monoisotopic (exact) mass is 688 g/mol. The molecule has 1 rings (SSSR count). The molecule has 0 aromatic carbocycles.